The summed E-state index contributed by atoms with van der Waals surface area (Å²) in [4.78, 5) is 4.59. The van der Waals surface area contributed by atoms with Crippen molar-refractivity contribution in [2.45, 2.75) is 45.2 Å². The number of thiazole rings is 1. The minimum atomic E-state index is 0.320. The van der Waals surface area contributed by atoms with Gasteiger partial charge in [-0.25, -0.2) is 4.98 Å². The molecule has 0 amide bonds. The second-order valence-electron chi connectivity index (χ2n) is 5.32. The van der Waals surface area contributed by atoms with E-state index in [0.717, 1.165) is 5.01 Å². The number of fused-ring (bicyclic) bond motifs is 1. The second-order valence-corrected chi connectivity index (χ2v) is 6.39. The van der Waals surface area contributed by atoms with E-state index in [4.69, 9.17) is 0 Å². The van der Waals surface area contributed by atoms with Crippen LogP contribution in [0, 0.1) is 6.92 Å². The Labute approximate surface area is 118 Å². The van der Waals surface area contributed by atoms with Crippen molar-refractivity contribution in [3.8, 4) is 0 Å². The van der Waals surface area contributed by atoms with E-state index in [0.29, 0.717) is 12.1 Å². The van der Waals surface area contributed by atoms with Gasteiger partial charge in [0.05, 0.1) is 10.7 Å². The van der Waals surface area contributed by atoms with E-state index in [9.17, 15) is 0 Å². The van der Waals surface area contributed by atoms with Gasteiger partial charge in [-0.15, -0.1) is 11.3 Å². The van der Waals surface area contributed by atoms with Crippen molar-refractivity contribution in [1.82, 2.24) is 10.3 Å². The van der Waals surface area contributed by atoms with Crippen molar-refractivity contribution in [3.05, 3.63) is 51.5 Å². The number of rotatable bonds is 3. The Morgan fingerprint density at radius 3 is 3.00 bits per heavy atom. The first kappa shape index (κ1) is 12.8. The third kappa shape index (κ3) is 2.72. The first-order valence-electron chi connectivity index (χ1n) is 7.00. The summed E-state index contributed by atoms with van der Waals surface area (Å²) < 4.78 is 0. The van der Waals surface area contributed by atoms with Crippen LogP contribution in [0.5, 0.6) is 0 Å². The second kappa shape index (κ2) is 5.43. The Morgan fingerprint density at radius 2 is 2.21 bits per heavy atom. The molecule has 0 saturated carbocycles. The number of benzene rings is 1. The Bertz CT molecular complexity index is 561. The molecule has 1 aromatic heterocycles. The molecular formula is C16H20N2S. The zero-order valence-electron chi connectivity index (χ0n) is 11.5. The summed E-state index contributed by atoms with van der Waals surface area (Å²) in [6, 6.07) is 9.62. The lowest BCUT2D eigenvalue weighted by molar-refractivity contribution is 0.411. The molecular weight excluding hydrogens is 252 g/mol. The topological polar surface area (TPSA) is 24.9 Å². The maximum Gasteiger partial charge on any atom is 0.0898 e. The first-order chi connectivity index (χ1) is 9.24. The monoisotopic (exact) mass is 272 g/mol. The van der Waals surface area contributed by atoms with Gasteiger partial charge in [-0.05, 0) is 44.2 Å². The van der Waals surface area contributed by atoms with Gasteiger partial charge in [-0.2, -0.15) is 0 Å². The smallest absolute Gasteiger partial charge is 0.0898 e. The number of nitrogens with one attached hydrogen (secondary N) is 1. The minimum absolute atomic E-state index is 0.320. The molecule has 19 heavy (non-hydrogen) atoms. The number of aryl methyl sites for hydroxylation is 2. The highest BCUT2D eigenvalue weighted by Crippen LogP contribution is 2.31. The van der Waals surface area contributed by atoms with Crippen LogP contribution in [0.3, 0.4) is 0 Å². The number of aromatic nitrogens is 1. The van der Waals surface area contributed by atoms with E-state index < -0.39 is 0 Å². The average Bonchev–Trinajstić information content (AvgIpc) is 2.86. The largest absolute Gasteiger partial charge is 0.302 e. The Balaban J connectivity index is 1.77. The van der Waals surface area contributed by atoms with Gasteiger partial charge in [0.15, 0.2) is 0 Å². The van der Waals surface area contributed by atoms with Crippen LogP contribution in [-0.2, 0) is 6.42 Å². The molecule has 1 aromatic carbocycles. The van der Waals surface area contributed by atoms with Gasteiger partial charge in [-0.1, -0.05) is 24.3 Å². The molecule has 0 bridgehead atoms. The van der Waals surface area contributed by atoms with Gasteiger partial charge < -0.3 is 5.32 Å². The Morgan fingerprint density at radius 1 is 1.37 bits per heavy atom. The highest BCUT2D eigenvalue weighted by molar-refractivity contribution is 7.09. The average molecular weight is 272 g/mol. The van der Waals surface area contributed by atoms with Gasteiger partial charge in [0.1, 0.15) is 0 Å². The molecule has 2 aromatic rings. The fourth-order valence-electron chi connectivity index (χ4n) is 2.89. The molecule has 100 valence electrons. The van der Waals surface area contributed by atoms with Crippen LogP contribution in [0.25, 0.3) is 0 Å². The zero-order chi connectivity index (χ0) is 13.2. The predicted octanol–water partition coefficient (Wildman–Crippen LogP) is 4.18. The predicted molar refractivity (Wildman–Crippen MR) is 80.5 cm³/mol. The number of hydrogen-bond donors (Lipinski definition) is 1. The van der Waals surface area contributed by atoms with Crippen LogP contribution in [0.4, 0.5) is 0 Å². The van der Waals surface area contributed by atoms with E-state index in [1.807, 2.05) is 0 Å². The van der Waals surface area contributed by atoms with Gasteiger partial charge in [0, 0.05) is 17.5 Å². The SMILES string of the molecule is Cc1nc(C(C)NC2CCCc3ccccc32)cs1. The van der Waals surface area contributed by atoms with Crippen LogP contribution >= 0.6 is 11.3 Å². The normalized spacial score (nSPS) is 20.0. The molecule has 0 fully saturated rings. The molecule has 2 unspecified atom stereocenters. The summed E-state index contributed by atoms with van der Waals surface area (Å²) in [5.74, 6) is 0. The Hall–Kier alpha value is -1.19. The van der Waals surface area contributed by atoms with Gasteiger partial charge in [0.25, 0.3) is 0 Å². The van der Waals surface area contributed by atoms with Crippen molar-refractivity contribution < 1.29 is 0 Å². The molecule has 3 rings (SSSR count). The molecule has 1 N–H and O–H groups in total. The summed E-state index contributed by atoms with van der Waals surface area (Å²) in [5.41, 5.74) is 4.16. The van der Waals surface area contributed by atoms with Crippen LogP contribution in [-0.4, -0.2) is 4.98 Å². The highest BCUT2D eigenvalue weighted by Gasteiger charge is 2.22. The van der Waals surface area contributed by atoms with Gasteiger partial charge in [-0.3, -0.25) is 0 Å². The quantitative estimate of drug-likeness (QED) is 0.906. The molecule has 3 heteroatoms. The lowest BCUT2D eigenvalue weighted by atomic mass is 9.87. The van der Waals surface area contributed by atoms with Crippen LogP contribution in [0.1, 0.15) is 53.7 Å². The van der Waals surface area contributed by atoms with E-state index >= 15 is 0 Å². The third-order valence-electron chi connectivity index (χ3n) is 3.90. The summed E-state index contributed by atoms with van der Waals surface area (Å²) in [7, 11) is 0. The fourth-order valence-corrected chi connectivity index (χ4v) is 3.60. The molecule has 2 atom stereocenters. The molecule has 2 nitrogen and oxygen atoms in total. The summed E-state index contributed by atoms with van der Waals surface area (Å²) in [5, 5.41) is 7.06. The van der Waals surface area contributed by atoms with E-state index in [1.165, 1.54) is 36.1 Å². The maximum absolute atomic E-state index is 4.59. The van der Waals surface area contributed by atoms with E-state index in [-0.39, 0.29) is 0 Å². The molecule has 0 aliphatic heterocycles. The lowest BCUT2D eigenvalue weighted by Gasteiger charge is -2.28. The minimum Gasteiger partial charge on any atom is -0.302 e. The van der Waals surface area contributed by atoms with Gasteiger partial charge >= 0.3 is 0 Å². The number of nitrogens with zero attached hydrogens (tertiary/aromatic N) is 1. The summed E-state index contributed by atoms with van der Waals surface area (Å²) in [6.07, 6.45) is 3.72. The molecule has 0 spiro atoms. The zero-order valence-corrected chi connectivity index (χ0v) is 12.3. The standard InChI is InChI=1S/C16H20N2S/c1-11(16-10-19-12(2)18-16)17-15-9-5-7-13-6-3-4-8-14(13)15/h3-4,6,8,10-11,15,17H,5,7,9H2,1-2H3. The van der Waals surface area contributed by atoms with Crippen LogP contribution in [0.2, 0.25) is 0 Å². The molecule has 0 saturated heterocycles. The van der Waals surface area contributed by atoms with Crippen molar-refractivity contribution >= 4 is 11.3 Å². The highest BCUT2D eigenvalue weighted by atomic mass is 32.1. The Kier molecular flexibility index (Phi) is 3.67. The summed E-state index contributed by atoms with van der Waals surface area (Å²) in [6.45, 7) is 4.28. The van der Waals surface area contributed by atoms with Crippen molar-refractivity contribution in [1.29, 1.82) is 0 Å². The van der Waals surface area contributed by atoms with Gasteiger partial charge in [0.2, 0.25) is 0 Å². The maximum atomic E-state index is 4.59. The van der Waals surface area contributed by atoms with Crippen molar-refractivity contribution in [2.24, 2.45) is 0 Å². The summed E-state index contributed by atoms with van der Waals surface area (Å²) >= 11 is 1.73. The van der Waals surface area contributed by atoms with E-state index in [1.54, 1.807) is 11.3 Å². The van der Waals surface area contributed by atoms with E-state index in [2.05, 4.69) is 53.8 Å². The molecule has 1 aliphatic rings. The molecule has 1 aliphatic carbocycles. The third-order valence-corrected chi connectivity index (χ3v) is 4.69. The van der Waals surface area contributed by atoms with Crippen molar-refractivity contribution in [3.63, 3.8) is 0 Å². The number of hydrogen-bond acceptors (Lipinski definition) is 3. The molecule has 1 heterocycles. The van der Waals surface area contributed by atoms with Crippen LogP contribution < -0.4 is 5.32 Å². The fraction of sp³-hybridized carbons (Fsp3) is 0.438. The molecule has 0 radical (unpaired) electrons. The van der Waals surface area contributed by atoms with Crippen molar-refractivity contribution in [2.75, 3.05) is 0 Å². The van der Waals surface area contributed by atoms with Crippen LogP contribution in [0.15, 0.2) is 29.6 Å². The first-order valence-corrected chi connectivity index (χ1v) is 7.88. The lowest BCUT2D eigenvalue weighted by Crippen LogP contribution is -2.27.